The molecule has 0 unspecified atom stereocenters. The number of aromatic carboxylic acids is 1. The first-order valence-corrected chi connectivity index (χ1v) is 7.70. The molecule has 1 aliphatic rings. The SMILES string of the molecule is Cc1nc(CC2=CNCC=N2)sc1-c1ccc(C(=O)O)cc1. The molecular formula is C16H15N3O2S. The molecule has 2 heterocycles. The Bertz CT molecular complexity index is 760. The molecule has 1 aliphatic heterocycles. The van der Waals surface area contributed by atoms with Crippen LogP contribution in [-0.2, 0) is 6.42 Å². The fourth-order valence-electron chi connectivity index (χ4n) is 2.24. The molecule has 0 radical (unpaired) electrons. The standard InChI is InChI=1S/C16H15N3O2S/c1-10-15(11-2-4-12(5-3-11)16(20)21)22-14(19-10)8-13-9-17-6-7-18-13/h2-5,7,9,17H,6,8H2,1H3,(H,20,21). The fraction of sp³-hybridized carbons (Fsp3) is 0.188. The average molecular weight is 313 g/mol. The topological polar surface area (TPSA) is 74.6 Å². The Morgan fingerprint density at radius 3 is 2.77 bits per heavy atom. The monoisotopic (exact) mass is 313 g/mol. The van der Waals surface area contributed by atoms with Crippen molar-refractivity contribution in [2.75, 3.05) is 6.54 Å². The fourth-order valence-corrected chi connectivity index (χ4v) is 3.33. The van der Waals surface area contributed by atoms with E-state index >= 15 is 0 Å². The van der Waals surface area contributed by atoms with Gasteiger partial charge in [-0.25, -0.2) is 9.78 Å². The van der Waals surface area contributed by atoms with Crippen LogP contribution in [-0.4, -0.2) is 28.8 Å². The lowest BCUT2D eigenvalue weighted by Crippen LogP contribution is -2.13. The Balaban J connectivity index is 1.84. The lowest BCUT2D eigenvalue weighted by molar-refractivity contribution is 0.0697. The van der Waals surface area contributed by atoms with Gasteiger partial charge in [-0.15, -0.1) is 11.3 Å². The largest absolute Gasteiger partial charge is 0.478 e. The first kappa shape index (κ1) is 14.5. The van der Waals surface area contributed by atoms with E-state index in [9.17, 15) is 4.79 Å². The smallest absolute Gasteiger partial charge is 0.335 e. The molecule has 0 spiro atoms. The van der Waals surface area contributed by atoms with Gasteiger partial charge in [0, 0.05) is 25.4 Å². The number of allylic oxidation sites excluding steroid dienone is 1. The molecule has 0 fully saturated rings. The Kier molecular flexibility index (Phi) is 4.02. The van der Waals surface area contributed by atoms with Crippen molar-refractivity contribution in [2.45, 2.75) is 13.3 Å². The quantitative estimate of drug-likeness (QED) is 0.910. The first-order valence-electron chi connectivity index (χ1n) is 6.88. The zero-order valence-corrected chi connectivity index (χ0v) is 12.9. The number of carboxylic acids is 1. The van der Waals surface area contributed by atoms with Crippen LogP contribution in [0.15, 0.2) is 41.2 Å². The highest BCUT2D eigenvalue weighted by Gasteiger charge is 2.12. The van der Waals surface area contributed by atoms with Gasteiger partial charge in [-0.1, -0.05) is 12.1 Å². The van der Waals surface area contributed by atoms with Gasteiger partial charge in [0.2, 0.25) is 0 Å². The number of aryl methyl sites for hydroxylation is 1. The summed E-state index contributed by atoms with van der Waals surface area (Å²) >= 11 is 1.62. The molecule has 0 saturated heterocycles. The van der Waals surface area contributed by atoms with Crippen LogP contribution in [0.5, 0.6) is 0 Å². The lowest BCUT2D eigenvalue weighted by Gasteiger charge is -2.05. The summed E-state index contributed by atoms with van der Waals surface area (Å²) in [5, 5.41) is 13.1. The van der Waals surface area contributed by atoms with Crippen molar-refractivity contribution in [1.82, 2.24) is 10.3 Å². The van der Waals surface area contributed by atoms with E-state index in [0.717, 1.165) is 33.4 Å². The van der Waals surface area contributed by atoms with Crippen molar-refractivity contribution in [3.63, 3.8) is 0 Å². The number of hydrogen-bond acceptors (Lipinski definition) is 5. The highest BCUT2D eigenvalue weighted by atomic mass is 32.1. The van der Waals surface area contributed by atoms with Crippen molar-refractivity contribution in [3.05, 3.63) is 52.4 Å². The number of carbonyl (C=O) groups is 1. The molecule has 6 heteroatoms. The molecule has 5 nitrogen and oxygen atoms in total. The van der Waals surface area contributed by atoms with Crippen LogP contribution in [0.2, 0.25) is 0 Å². The predicted octanol–water partition coefficient (Wildman–Crippen LogP) is 2.87. The van der Waals surface area contributed by atoms with Crippen LogP contribution in [0, 0.1) is 6.92 Å². The molecule has 3 rings (SSSR count). The van der Waals surface area contributed by atoms with E-state index in [2.05, 4.69) is 15.3 Å². The summed E-state index contributed by atoms with van der Waals surface area (Å²) in [7, 11) is 0. The van der Waals surface area contributed by atoms with E-state index < -0.39 is 5.97 Å². The van der Waals surface area contributed by atoms with Gasteiger partial charge in [0.25, 0.3) is 0 Å². The summed E-state index contributed by atoms with van der Waals surface area (Å²) < 4.78 is 0. The minimum Gasteiger partial charge on any atom is -0.478 e. The average Bonchev–Trinajstić information content (AvgIpc) is 2.89. The van der Waals surface area contributed by atoms with E-state index in [1.54, 1.807) is 23.5 Å². The zero-order chi connectivity index (χ0) is 15.5. The van der Waals surface area contributed by atoms with Crippen LogP contribution in [0.4, 0.5) is 0 Å². The third kappa shape index (κ3) is 3.07. The third-order valence-corrected chi connectivity index (χ3v) is 4.51. The van der Waals surface area contributed by atoms with Crippen molar-refractivity contribution < 1.29 is 9.90 Å². The van der Waals surface area contributed by atoms with Gasteiger partial charge in [-0.3, -0.25) is 4.99 Å². The molecule has 1 aromatic heterocycles. The second-order valence-corrected chi connectivity index (χ2v) is 6.02. The molecule has 112 valence electrons. The molecule has 1 aromatic carbocycles. The van der Waals surface area contributed by atoms with Crippen LogP contribution in [0.3, 0.4) is 0 Å². The maximum atomic E-state index is 10.9. The maximum absolute atomic E-state index is 10.9. The number of nitrogens with zero attached hydrogens (tertiary/aromatic N) is 2. The van der Waals surface area contributed by atoms with Crippen molar-refractivity contribution in [1.29, 1.82) is 0 Å². The Labute approximate surface area is 132 Å². The van der Waals surface area contributed by atoms with E-state index in [4.69, 9.17) is 5.11 Å². The molecule has 0 bridgehead atoms. The Morgan fingerprint density at radius 1 is 1.36 bits per heavy atom. The first-order chi connectivity index (χ1) is 10.6. The molecule has 2 aromatic rings. The number of carboxylic acid groups (broad SMARTS) is 1. The second kappa shape index (κ2) is 6.11. The summed E-state index contributed by atoms with van der Waals surface area (Å²) in [6.07, 6.45) is 4.46. The van der Waals surface area contributed by atoms with Crippen LogP contribution < -0.4 is 5.32 Å². The van der Waals surface area contributed by atoms with Gasteiger partial charge in [0.15, 0.2) is 0 Å². The number of aliphatic imine (C=N–C) groups is 1. The van der Waals surface area contributed by atoms with E-state index in [1.807, 2.05) is 31.5 Å². The number of thiazole rings is 1. The van der Waals surface area contributed by atoms with Gasteiger partial charge >= 0.3 is 5.97 Å². The number of benzene rings is 1. The van der Waals surface area contributed by atoms with Gasteiger partial charge in [0.1, 0.15) is 0 Å². The molecular weight excluding hydrogens is 298 g/mol. The Hall–Kier alpha value is -2.47. The summed E-state index contributed by atoms with van der Waals surface area (Å²) in [5.41, 5.74) is 3.20. The molecule has 0 amide bonds. The number of aromatic nitrogens is 1. The predicted molar refractivity (Wildman–Crippen MR) is 87.5 cm³/mol. The van der Waals surface area contributed by atoms with Crippen molar-refractivity contribution in [2.24, 2.45) is 4.99 Å². The van der Waals surface area contributed by atoms with Gasteiger partial charge < -0.3 is 10.4 Å². The van der Waals surface area contributed by atoms with E-state index in [-0.39, 0.29) is 0 Å². The molecule has 22 heavy (non-hydrogen) atoms. The second-order valence-electron chi connectivity index (χ2n) is 4.94. The van der Waals surface area contributed by atoms with Crippen LogP contribution in [0.1, 0.15) is 21.1 Å². The van der Waals surface area contributed by atoms with Gasteiger partial charge in [0.05, 0.1) is 26.8 Å². The van der Waals surface area contributed by atoms with E-state index in [0.29, 0.717) is 12.0 Å². The molecule has 0 aliphatic carbocycles. The summed E-state index contributed by atoms with van der Waals surface area (Å²) in [6, 6.07) is 6.89. The summed E-state index contributed by atoms with van der Waals surface area (Å²) in [5.74, 6) is -0.914. The Morgan fingerprint density at radius 2 is 2.14 bits per heavy atom. The van der Waals surface area contributed by atoms with Crippen LogP contribution in [0.25, 0.3) is 10.4 Å². The van der Waals surface area contributed by atoms with Gasteiger partial charge in [-0.05, 0) is 24.6 Å². The lowest BCUT2D eigenvalue weighted by atomic mass is 10.1. The zero-order valence-electron chi connectivity index (χ0n) is 12.0. The number of nitrogens with one attached hydrogen (secondary N) is 1. The minimum atomic E-state index is -0.914. The van der Waals surface area contributed by atoms with Gasteiger partial charge in [-0.2, -0.15) is 0 Å². The number of hydrogen-bond donors (Lipinski definition) is 2. The summed E-state index contributed by atoms with van der Waals surface area (Å²) in [6.45, 7) is 2.73. The normalized spacial score (nSPS) is 13.6. The molecule has 2 N–H and O–H groups in total. The van der Waals surface area contributed by atoms with Crippen LogP contribution >= 0.6 is 11.3 Å². The molecule has 0 saturated carbocycles. The highest BCUT2D eigenvalue weighted by molar-refractivity contribution is 7.15. The minimum absolute atomic E-state index is 0.291. The number of rotatable bonds is 4. The summed E-state index contributed by atoms with van der Waals surface area (Å²) in [4.78, 5) is 20.9. The maximum Gasteiger partial charge on any atom is 0.335 e. The molecule has 0 atom stereocenters. The highest BCUT2D eigenvalue weighted by Crippen LogP contribution is 2.31. The third-order valence-electron chi connectivity index (χ3n) is 3.30. The van der Waals surface area contributed by atoms with Crippen molar-refractivity contribution >= 4 is 23.5 Å². The van der Waals surface area contributed by atoms with Crippen molar-refractivity contribution in [3.8, 4) is 10.4 Å². The van der Waals surface area contributed by atoms with E-state index in [1.165, 1.54) is 0 Å².